The van der Waals surface area contributed by atoms with Gasteiger partial charge in [0.2, 0.25) is 11.5 Å². The van der Waals surface area contributed by atoms with E-state index >= 15 is 0 Å². The van der Waals surface area contributed by atoms with Crippen molar-refractivity contribution in [3.8, 4) is 11.4 Å². The molecule has 2 aromatic heterocycles. The number of furan rings is 1. The Labute approximate surface area is 188 Å². The first kappa shape index (κ1) is 22.2. The maximum Gasteiger partial charge on any atom is 0.321 e. The number of carbonyl (C=O) groups is 2. The summed E-state index contributed by atoms with van der Waals surface area (Å²) in [4.78, 5) is 34.2. The van der Waals surface area contributed by atoms with E-state index in [9.17, 15) is 19.8 Å². The van der Waals surface area contributed by atoms with Crippen molar-refractivity contribution < 1.29 is 33.6 Å². The van der Waals surface area contributed by atoms with E-state index in [0.717, 1.165) is 11.1 Å². The number of aliphatic carboxylic acids is 2. The Morgan fingerprint density at radius 1 is 1.15 bits per heavy atom. The van der Waals surface area contributed by atoms with Gasteiger partial charge in [-0.2, -0.15) is 4.98 Å². The number of benzene rings is 1. The molecule has 1 saturated heterocycles. The van der Waals surface area contributed by atoms with Gasteiger partial charge in [0.05, 0.1) is 6.26 Å². The van der Waals surface area contributed by atoms with Crippen LogP contribution in [0.5, 0.6) is 0 Å². The predicted molar refractivity (Wildman–Crippen MR) is 113 cm³/mol. The molecule has 1 aliphatic rings. The van der Waals surface area contributed by atoms with Crippen molar-refractivity contribution in [2.75, 3.05) is 20.2 Å². The van der Waals surface area contributed by atoms with E-state index in [0.29, 0.717) is 31.2 Å². The summed E-state index contributed by atoms with van der Waals surface area (Å²) in [5.41, 5.74) is 0.316. The SMILES string of the molecule is CO/N=C(/c1ccco1)c1nc(-c2ccc(CN3CCC(C(=O)O)(C(=O)O)CC3)cc2)no1. The van der Waals surface area contributed by atoms with Crippen LogP contribution in [0.1, 0.15) is 30.1 Å². The maximum absolute atomic E-state index is 11.5. The van der Waals surface area contributed by atoms with Gasteiger partial charge in [-0.05, 0) is 30.5 Å². The molecular weight excluding hydrogens is 432 g/mol. The van der Waals surface area contributed by atoms with E-state index in [-0.39, 0.29) is 24.4 Å². The quantitative estimate of drug-likeness (QED) is 0.295. The second-order valence-corrected chi connectivity index (χ2v) is 7.69. The fourth-order valence-electron chi connectivity index (χ4n) is 3.76. The zero-order chi connectivity index (χ0) is 23.4. The minimum atomic E-state index is -1.70. The molecule has 172 valence electrons. The Bertz CT molecular complexity index is 1130. The fourth-order valence-corrected chi connectivity index (χ4v) is 3.76. The minimum Gasteiger partial charge on any atom is -0.480 e. The van der Waals surface area contributed by atoms with Gasteiger partial charge in [0, 0.05) is 25.2 Å². The summed E-state index contributed by atoms with van der Waals surface area (Å²) in [5, 5.41) is 26.6. The smallest absolute Gasteiger partial charge is 0.321 e. The number of carboxylic acid groups (broad SMARTS) is 2. The van der Waals surface area contributed by atoms with Gasteiger partial charge >= 0.3 is 11.9 Å². The lowest BCUT2D eigenvalue weighted by atomic mass is 9.78. The average Bonchev–Trinajstić information content (AvgIpc) is 3.51. The van der Waals surface area contributed by atoms with Crippen LogP contribution in [0.3, 0.4) is 0 Å². The van der Waals surface area contributed by atoms with Crippen molar-refractivity contribution in [2.24, 2.45) is 10.6 Å². The number of piperidine rings is 1. The molecule has 1 fully saturated rings. The van der Waals surface area contributed by atoms with Crippen molar-refractivity contribution in [2.45, 2.75) is 19.4 Å². The molecular formula is C22H22N4O7. The Morgan fingerprint density at radius 2 is 1.85 bits per heavy atom. The molecule has 3 heterocycles. The fraction of sp³-hybridized carbons (Fsp3) is 0.318. The lowest BCUT2D eigenvalue weighted by Crippen LogP contribution is -2.48. The highest BCUT2D eigenvalue weighted by Crippen LogP contribution is 2.33. The summed E-state index contributed by atoms with van der Waals surface area (Å²) in [6.45, 7) is 1.36. The summed E-state index contributed by atoms with van der Waals surface area (Å²) in [7, 11) is 1.41. The van der Waals surface area contributed by atoms with E-state index in [4.69, 9.17) is 13.8 Å². The van der Waals surface area contributed by atoms with Crippen LogP contribution in [0, 0.1) is 5.41 Å². The summed E-state index contributed by atoms with van der Waals surface area (Å²) < 4.78 is 10.7. The number of hydrogen-bond acceptors (Lipinski definition) is 9. The van der Waals surface area contributed by atoms with Crippen LogP contribution in [0.25, 0.3) is 11.4 Å². The van der Waals surface area contributed by atoms with Gasteiger partial charge < -0.3 is 24.0 Å². The number of nitrogens with zero attached hydrogens (tertiary/aromatic N) is 4. The number of rotatable bonds is 8. The highest BCUT2D eigenvalue weighted by molar-refractivity contribution is 6.07. The van der Waals surface area contributed by atoms with Gasteiger partial charge in [0.25, 0.3) is 5.89 Å². The van der Waals surface area contributed by atoms with Crippen LogP contribution >= 0.6 is 0 Å². The van der Waals surface area contributed by atoms with Crippen molar-refractivity contribution in [1.82, 2.24) is 15.0 Å². The van der Waals surface area contributed by atoms with E-state index in [1.807, 2.05) is 29.2 Å². The van der Waals surface area contributed by atoms with Gasteiger partial charge in [-0.25, -0.2) is 0 Å². The molecule has 1 aliphatic heterocycles. The third kappa shape index (κ3) is 4.48. The van der Waals surface area contributed by atoms with Crippen molar-refractivity contribution in [1.29, 1.82) is 0 Å². The summed E-state index contributed by atoms with van der Waals surface area (Å²) >= 11 is 0. The molecule has 11 nitrogen and oxygen atoms in total. The second-order valence-electron chi connectivity index (χ2n) is 7.69. The van der Waals surface area contributed by atoms with E-state index < -0.39 is 17.4 Å². The molecule has 0 bridgehead atoms. The first-order valence-electron chi connectivity index (χ1n) is 10.2. The largest absolute Gasteiger partial charge is 0.480 e. The van der Waals surface area contributed by atoms with Gasteiger partial charge in [0.15, 0.2) is 11.2 Å². The van der Waals surface area contributed by atoms with Gasteiger partial charge in [0.1, 0.15) is 7.11 Å². The predicted octanol–water partition coefficient (Wildman–Crippen LogP) is 2.48. The highest BCUT2D eigenvalue weighted by atomic mass is 16.6. The Balaban J connectivity index is 1.42. The molecule has 0 atom stereocenters. The van der Waals surface area contributed by atoms with Crippen molar-refractivity contribution >= 4 is 17.7 Å². The molecule has 1 aromatic carbocycles. The first-order valence-corrected chi connectivity index (χ1v) is 10.2. The lowest BCUT2D eigenvalue weighted by molar-refractivity contribution is -0.168. The van der Waals surface area contributed by atoms with Crippen molar-refractivity contribution in [3.05, 3.63) is 59.9 Å². The van der Waals surface area contributed by atoms with Crippen LogP contribution in [-0.2, 0) is 21.0 Å². The number of carboxylic acids is 2. The molecule has 0 saturated carbocycles. The van der Waals surface area contributed by atoms with E-state index in [2.05, 4.69) is 15.3 Å². The molecule has 4 rings (SSSR count). The Hall–Kier alpha value is -3.99. The van der Waals surface area contributed by atoms with Gasteiger partial charge in [-0.1, -0.05) is 34.6 Å². The average molecular weight is 454 g/mol. The Kier molecular flexibility index (Phi) is 6.22. The lowest BCUT2D eigenvalue weighted by Gasteiger charge is -2.36. The Morgan fingerprint density at radius 3 is 2.42 bits per heavy atom. The van der Waals surface area contributed by atoms with E-state index in [1.54, 1.807) is 12.1 Å². The molecule has 2 N–H and O–H groups in total. The molecule has 0 aliphatic carbocycles. The number of oxime groups is 1. The molecule has 11 heteroatoms. The van der Waals surface area contributed by atoms with Gasteiger partial charge in [-0.3, -0.25) is 14.5 Å². The standard InChI is InChI=1S/C22H22N4O7/c1-31-24-17(16-3-2-12-32-16)19-23-18(25-33-19)15-6-4-14(5-7-15)13-26-10-8-22(9-11-26,20(27)28)21(29)30/h2-7,12H,8-11,13H2,1H3,(H,27,28)(H,29,30)/b24-17-. The van der Waals surface area contributed by atoms with E-state index in [1.165, 1.54) is 13.4 Å². The summed E-state index contributed by atoms with van der Waals surface area (Å²) in [6, 6.07) is 11.0. The molecule has 0 spiro atoms. The molecule has 0 radical (unpaired) electrons. The minimum absolute atomic E-state index is 0.0718. The highest BCUT2D eigenvalue weighted by Gasteiger charge is 2.48. The summed E-state index contributed by atoms with van der Waals surface area (Å²) in [6.07, 6.45) is 1.65. The molecule has 0 amide bonds. The van der Waals surface area contributed by atoms with Crippen LogP contribution in [0.15, 0.2) is 56.8 Å². The third-order valence-corrected chi connectivity index (χ3v) is 5.71. The number of aromatic nitrogens is 2. The number of likely N-dealkylation sites (tertiary alicyclic amines) is 1. The summed E-state index contributed by atoms with van der Waals surface area (Å²) in [5.74, 6) is -1.59. The zero-order valence-electron chi connectivity index (χ0n) is 17.8. The number of hydrogen-bond donors (Lipinski definition) is 2. The first-order chi connectivity index (χ1) is 15.9. The van der Waals surface area contributed by atoms with Crippen LogP contribution in [0.2, 0.25) is 0 Å². The van der Waals surface area contributed by atoms with Crippen LogP contribution < -0.4 is 0 Å². The van der Waals surface area contributed by atoms with Crippen LogP contribution in [0.4, 0.5) is 0 Å². The van der Waals surface area contributed by atoms with Crippen LogP contribution in [-0.4, -0.2) is 63.1 Å². The zero-order valence-corrected chi connectivity index (χ0v) is 17.8. The molecule has 0 unspecified atom stereocenters. The normalized spacial score (nSPS) is 16.5. The maximum atomic E-state index is 11.5. The topological polar surface area (TPSA) is 151 Å². The monoisotopic (exact) mass is 454 g/mol. The molecule has 33 heavy (non-hydrogen) atoms. The third-order valence-electron chi connectivity index (χ3n) is 5.71. The van der Waals surface area contributed by atoms with Gasteiger partial charge in [-0.15, -0.1) is 0 Å². The van der Waals surface area contributed by atoms with Crippen molar-refractivity contribution in [3.63, 3.8) is 0 Å². The second kappa shape index (κ2) is 9.25. The molecule has 3 aromatic rings.